The average Bonchev–Trinajstić information content (AvgIpc) is 2.95. The number of imidazole rings is 1. The van der Waals surface area contributed by atoms with Crippen LogP contribution in [0.4, 0.5) is 0 Å². The van der Waals surface area contributed by atoms with Crippen molar-refractivity contribution < 1.29 is 9.53 Å². The highest BCUT2D eigenvalue weighted by molar-refractivity contribution is 5.93. The van der Waals surface area contributed by atoms with E-state index in [-0.39, 0.29) is 5.91 Å². The lowest BCUT2D eigenvalue weighted by molar-refractivity contribution is -0.127. The van der Waals surface area contributed by atoms with Crippen molar-refractivity contribution in [2.24, 2.45) is 5.92 Å². The van der Waals surface area contributed by atoms with E-state index in [1.807, 2.05) is 24.3 Å². The number of aryl methyl sites for hydroxylation is 1. The second-order valence-corrected chi connectivity index (χ2v) is 5.70. The van der Waals surface area contributed by atoms with Gasteiger partial charge in [-0.3, -0.25) is 4.79 Å². The average molecular weight is 275 g/mol. The Morgan fingerprint density at radius 1 is 1.60 bits per heavy atom. The van der Waals surface area contributed by atoms with Crippen molar-refractivity contribution in [1.82, 2.24) is 14.5 Å². The molecule has 0 unspecified atom stereocenters. The first kappa shape index (κ1) is 13.2. The standard InChI is InChI=1S/C15H21N3O2/c1-17(15(19)13-3-2-8-20-11-13)10-12-4-6-18-7-5-16-14(18)9-12/h5,7,11-12H,2-4,6,8-10H2,1H3/t12-/m0/s1. The second kappa shape index (κ2) is 5.69. The quantitative estimate of drug-likeness (QED) is 0.842. The Balaban J connectivity index is 1.58. The summed E-state index contributed by atoms with van der Waals surface area (Å²) in [7, 11) is 1.89. The van der Waals surface area contributed by atoms with Crippen molar-refractivity contribution in [2.45, 2.75) is 32.2 Å². The molecule has 3 rings (SSSR count). The molecule has 0 spiro atoms. The first-order valence-corrected chi connectivity index (χ1v) is 7.30. The Labute approximate surface area is 119 Å². The van der Waals surface area contributed by atoms with Gasteiger partial charge < -0.3 is 14.2 Å². The van der Waals surface area contributed by atoms with Gasteiger partial charge in [0.15, 0.2) is 0 Å². The van der Waals surface area contributed by atoms with Gasteiger partial charge in [-0.15, -0.1) is 0 Å². The maximum atomic E-state index is 12.3. The van der Waals surface area contributed by atoms with E-state index in [1.165, 1.54) is 0 Å². The molecule has 108 valence electrons. The number of nitrogens with zero attached hydrogens (tertiary/aromatic N) is 3. The van der Waals surface area contributed by atoms with Gasteiger partial charge in [0.05, 0.1) is 18.4 Å². The van der Waals surface area contributed by atoms with Crippen LogP contribution in [0.5, 0.6) is 0 Å². The molecule has 1 aromatic rings. The molecule has 3 heterocycles. The summed E-state index contributed by atoms with van der Waals surface area (Å²) in [6.07, 6.45) is 9.36. The van der Waals surface area contributed by atoms with E-state index < -0.39 is 0 Å². The van der Waals surface area contributed by atoms with Gasteiger partial charge >= 0.3 is 0 Å². The van der Waals surface area contributed by atoms with Crippen molar-refractivity contribution in [3.63, 3.8) is 0 Å². The van der Waals surface area contributed by atoms with E-state index in [4.69, 9.17) is 4.74 Å². The molecule has 0 aromatic carbocycles. The molecule has 0 radical (unpaired) electrons. The number of amides is 1. The largest absolute Gasteiger partial charge is 0.501 e. The molecule has 2 aliphatic heterocycles. The summed E-state index contributed by atoms with van der Waals surface area (Å²) in [5.74, 6) is 1.75. The smallest absolute Gasteiger partial charge is 0.252 e. The van der Waals surface area contributed by atoms with E-state index in [0.29, 0.717) is 5.92 Å². The van der Waals surface area contributed by atoms with Crippen LogP contribution in [0.15, 0.2) is 24.2 Å². The van der Waals surface area contributed by atoms with Crippen molar-refractivity contribution >= 4 is 5.91 Å². The van der Waals surface area contributed by atoms with Gasteiger partial charge in [-0.1, -0.05) is 0 Å². The molecule has 0 bridgehead atoms. The maximum Gasteiger partial charge on any atom is 0.252 e. The number of ether oxygens (including phenoxy) is 1. The normalized spacial score (nSPS) is 21.6. The van der Waals surface area contributed by atoms with Crippen LogP contribution in [0, 0.1) is 5.92 Å². The minimum Gasteiger partial charge on any atom is -0.501 e. The van der Waals surface area contributed by atoms with E-state index >= 15 is 0 Å². The number of aromatic nitrogens is 2. The van der Waals surface area contributed by atoms with E-state index in [9.17, 15) is 4.79 Å². The van der Waals surface area contributed by atoms with Gasteiger partial charge in [0.1, 0.15) is 5.82 Å². The summed E-state index contributed by atoms with van der Waals surface area (Å²) < 4.78 is 7.46. The van der Waals surface area contributed by atoms with Crippen LogP contribution in [0.1, 0.15) is 25.1 Å². The molecule has 5 nitrogen and oxygen atoms in total. The van der Waals surface area contributed by atoms with Gasteiger partial charge in [0, 0.05) is 39.0 Å². The van der Waals surface area contributed by atoms with Gasteiger partial charge in [-0.25, -0.2) is 4.98 Å². The molecule has 5 heteroatoms. The lowest BCUT2D eigenvalue weighted by Crippen LogP contribution is -2.36. The predicted octanol–water partition coefficient (Wildman–Crippen LogP) is 1.60. The van der Waals surface area contributed by atoms with Crippen LogP contribution >= 0.6 is 0 Å². The molecule has 0 saturated carbocycles. The topological polar surface area (TPSA) is 47.4 Å². The van der Waals surface area contributed by atoms with E-state index in [1.54, 1.807) is 6.26 Å². The summed E-state index contributed by atoms with van der Waals surface area (Å²) in [6, 6.07) is 0. The highest BCUT2D eigenvalue weighted by Crippen LogP contribution is 2.21. The third kappa shape index (κ3) is 2.71. The van der Waals surface area contributed by atoms with Crippen molar-refractivity contribution in [2.75, 3.05) is 20.2 Å². The Kier molecular flexibility index (Phi) is 3.76. The Hall–Kier alpha value is -1.78. The van der Waals surface area contributed by atoms with Gasteiger partial charge in [-0.05, 0) is 25.2 Å². The Morgan fingerprint density at radius 2 is 2.50 bits per heavy atom. The van der Waals surface area contributed by atoms with Crippen LogP contribution < -0.4 is 0 Å². The molecule has 0 N–H and O–H groups in total. The van der Waals surface area contributed by atoms with Crippen molar-refractivity contribution in [1.29, 1.82) is 0 Å². The maximum absolute atomic E-state index is 12.3. The molecule has 2 aliphatic rings. The molecule has 0 aliphatic carbocycles. The summed E-state index contributed by atoms with van der Waals surface area (Å²) in [5, 5.41) is 0. The molecule has 20 heavy (non-hydrogen) atoms. The first-order valence-electron chi connectivity index (χ1n) is 7.30. The fourth-order valence-electron chi connectivity index (χ4n) is 3.01. The highest BCUT2D eigenvalue weighted by Gasteiger charge is 2.24. The van der Waals surface area contributed by atoms with Crippen LogP contribution in [-0.4, -0.2) is 40.6 Å². The van der Waals surface area contributed by atoms with E-state index in [2.05, 4.69) is 9.55 Å². The monoisotopic (exact) mass is 275 g/mol. The third-order valence-corrected chi connectivity index (χ3v) is 4.14. The van der Waals surface area contributed by atoms with Crippen LogP contribution in [-0.2, 0) is 22.5 Å². The third-order valence-electron chi connectivity index (χ3n) is 4.14. The Morgan fingerprint density at radius 3 is 3.30 bits per heavy atom. The van der Waals surface area contributed by atoms with Crippen LogP contribution in [0.25, 0.3) is 0 Å². The number of fused-ring (bicyclic) bond motifs is 1. The molecule has 0 saturated heterocycles. The molecular weight excluding hydrogens is 254 g/mol. The summed E-state index contributed by atoms with van der Waals surface area (Å²) >= 11 is 0. The number of hydrogen-bond donors (Lipinski definition) is 0. The zero-order valence-electron chi connectivity index (χ0n) is 11.9. The van der Waals surface area contributed by atoms with E-state index in [0.717, 1.165) is 56.8 Å². The fraction of sp³-hybridized carbons (Fsp3) is 0.600. The molecule has 1 atom stereocenters. The van der Waals surface area contributed by atoms with Gasteiger partial charge in [0.2, 0.25) is 0 Å². The summed E-state index contributed by atoms with van der Waals surface area (Å²) in [4.78, 5) is 18.5. The number of likely N-dealkylation sites (N-methyl/N-ethyl adjacent to an activating group) is 1. The van der Waals surface area contributed by atoms with Gasteiger partial charge in [-0.2, -0.15) is 0 Å². The molecule has 0 fully saturated rings. The van der Waals surface area contributed by atoms with Crippen LogP contribution in [0.2, 0.25) is 0 Å². The number of carbonyl (C=O) groups is 1. The zero-order chi connectivity index (χ0) is 13.9. The molecule has 1 aromatic heterocycles. The second-order valence-electron chi connectivity index (χ2n) is 5.70. The van der Waals surface area contributed by atoms with Crippen molar-refractivity contribution in [3.05, 3.63) is 30.1 Å². The number of carbonyl (C=O) groups excluding carboxylic acids is 1. The minimum absolute atomic E-state index is 0.110. The molecule has 1 amide bonds. The zero-order valence-corrected chi connectivity index (χ0v) is 11.9. The highest BCUT2D eigenvalue weighted by atomic mass is 16.5. The lowest BCUT2D eigenvalue weighted by Gasteiger charge is -2.28. The fourth-order valence-corrected chi connectivity index (χ4v) is 3.01. The Bertz CT molecular complexity index is 521. The number of rotatable bonds is 3. The number of hydrogen-bond acceptors (Lipinski definition) is 3. The van der Waals surface area contributed by atoms with Crippen molar-refractivity contribution in [3.8, 4) is 0 Å². The summed E-state index contributed by atoms with van der Waals surface area (Å²) in [6.45, 7) is 2.53. The van der Waals surface area contributed by atoms with Gasteiger partial charge in [0.25, 0.3) is 5.91 Å². The van der Waals surface area contributed by atoms with Crippen LogP contribution in [0.3, 0.4) is 0 Å². The summed E-state index contributed by atoms with van der Waals surface area (Å²) in [5.41, 5.74) is 0.802. The predicted molar refractivity (Wildman–Crippen MR) is 74.9 cm³/mol. The SMILES string of the molecule is CN(C[C@H]1CCn2ccnc2C1)C(=O)C1=COCCC1. The first-order chi connectivity index (χ1) is 9.74. The minimum atomic E-state index is 0.110. The lowest BCUT2D eigenvalue weighted by atomic mass is 9.97. The molecular formula is C15H21N3O2.